The van der Waals surface area contributed by atoms with Crippen molar-refractivity contribution in [2.45, 2.75) is 26.8 Å². The summed E-state index contributed by atoms with van der Waals surface area (Å²) in [5.74, 6) is -0.737. The molecule has 0 aliphatic heterocycles. The number of hydrogen-bond acceptors (Lipinski definition) is 5. The lowest BCUT2D eigenvalue weighted by Crippen LogP contribution is -2.30. The standard InChI is InChI=1S/C19H25NO2.C10H10FNO3/c1-14-7-6-8-15(11-14)12-17-18(21-4)10-9-16(13-20(2)3)19(17)22-5;1-6-3-2-4-7(11)9(6)10(15)12-5-8(13)14/h6-11H,12-13H2,1-5H3;2-4H,5H2,1H3,(H,12,15)(H,13,14). The molecule has 3 rings (SSSR count). The van der Waals surface area contributed by atoms with E-state index >= 15 is 0 Å². The molecule has 0 saturated heterocycles. The summed E-state index contributed by atoms with van der Waals surface area (Å²) >= 11 is 0. The van der Waals surface area contributed by atoms with Crippen LogP contribution in [0, 0.1) is 19.7 Å². The number of hydrogen-bond donors (Lipinski definition) is 2. The zero-order chi connectivity index (χ0) is 27.5. The Kier molecular flexibility index (Phi) is 11.1. The van der Waals surface area contributed by atoms with Gasteiger partial charge in [-0.15, -0.1) is 0 Å². The van der Waals surface area contributed by atoms with Gasteiger partial charge in [-0.1, -0.05) is 48.0 Å². The van der Waals surface area contributed by atoms with Gasteiger partial charge in [-0.05, 0) is 51.2 Å². The zero-order valence-electron chi connectivity index (χ0n) is 22.2. The molecule has 0 bridgehead atoms. The van der Waals surface area contributed by atoms with Gasteiger partial charge in [0.05, 0.1) is 19.8 Å². The quantitative estimate of drug-likeness (QED) is 0.437. The highest BCUT2D eigenvalue weighted by molar-refractivity contribution is 5.97. The average molecular weight is 511 g/mol. The van der Waals surface area contributed by atoms with Gasteiger partial charge in [-0.25, -0.2) is 4.39 Å². The van der Waals surface area contributed by atoms with Crippen molar-refractivity contribution in [2.24, 2.45) is 0 Å². The van der Waals surface area contributed by atoms with Crippen molar-refractivity contribution in [1.29, 1.82) is 0 Å². The molecule has 37 heavy (non-hydrogen) atoms. The van der Waals surface area contributed by atoms with Crippen LogP contribution in [0.15, 0.2) is 54.6 Å². The molecule has 0 unspecified atom stereocenters. The number of nitrogens with one attached hydrogen (secondary N) is 1. The Balaban J connectivity index is 0.000000281. The fourth-order valence-electron chi connectivity index (χ4n) is 3.93. The first kappa shape index (κ1) is 29.3. The Morgan fingerprint density at radius 1 is 1.00 bits per heavy atom. The van der Waals surface area contributed by atoms with Crippen LogP contribution in [0.1, 0.15) is 38.2 Å². The normalized spacial score (nSPS) is 10.4. The number of aryl methyl sites for hydroxylation is 2. The Morgan fingerprint density at radius 3 is 2.27 bits per heavy atom. The number of ether oxygens (including phenoxy) is 2. The lowest BCUT2D eigenvalue weighted by molar-refractivity contribution is -0.135. The van der Waals surface area contributed by atoms with Gasteiger partial charge in [-0.2, -0.15) is 0 Å². The maximum atomic E-state index is 13.2. The highest BCUT2D eigenvalue weighted by atomic mass is 19.1. The summed E-state index contributed by atoms with van der Waals surface area (Å²) in [7, 11) is 7.56. The number of methoxy groups -OCH3 is 2. The Hall–Kier alpha value is -3.91. The molecule has 7 nitrogen and oxygen atoms in total. The molecule has 3 aromatic carbocycles. The molecule has 8 heteroatoms. The van der Waals surface area contributed by atoms with E-state index in [1.165, 1.54) is 22.8 Å². The number of halogens is 1. The van der Waals surface area contributed by atoms with Gasteiger partial charge in [0.15, 0.2) is 0 Å². The molecule has 0 saturated carbocycles. The van der Waals surface area contributed by atoms with Crippen molar-refractivity contribution < 1.29 is 28.6 Å². The minimum Gasteiger partial charge on any atom is -0.496 e. The van der Waals surface area contributed by atoms with Crippen LogP contribution in [0.4, 0.5) is 4.39 Å². The summed E-state index contributed by atoms with van der Waals surface area (Å²) in [6.07, 6.45) is 0.801. The van der Waals surface area contributed by atoms with E-state index in [1.54, 1.807) is 27.2 Å². The molecule has 0 aromatic heterocycles. The molecule has 2 N–H and O–H groups in total. The molecule has 0 spiro atoms. The van der Waals surface area contributed by atoms with E-state index in [4.69, 9.17) is 14.6 Å². The first-order chi connectivity index (χ1) is 17.6. The number of carbonyl (C=O) groups is 2. The van der Waals surface area contributed by atoms with Gasteiger partial charge in [0.1, 0.15) is 23.9 Å². The number of aliphatic carboxylic acids is 1. The molecular weight excluding hydrogens is 475 g/mol. The Bertz CT molecular complexity index is 1210. The number of nitrogens with zero attached hydrogens (tertiary/aromatic N) is 1. The molecular formula is C29H35FN2O5. The fourth-order valence-corrected chi connectivity index (χ4v) is 3.93. The van der Waals surface area contributed by atoms with Gasteiger partial charge in [0.2, 0.25) is 0 Å². The smallest absolute Gasteiger partial charge is 0.322 e. The molecule has 0 radical (unpaired) electrons. The van der Waals surface area contributed by atoms with Crippen LogP contribution in [-0.4, -0.2) is 56.7 Å². The van der Waals surface area contributed by atoms with E-state index in [0.29, 0.717) is 5.56 Å². The number of rotatable bonds is 9. The summed E-state index contributed by atoms with van der Waals surface area (Å²) in [6, 6.07) is 16.9. The van der Waals surface area contributed by atoms with Crippen LogP contribution in [0.2, 0.25) is 0 Å². The van der Waals surface area contributed by atoms with Crippen LogP contribution in [0.5, 0.6) is 11.5 Å². The monoisotopic (exact) mass is 510 g/mol. The molecule has 1 amide bonds. The molecule has 0 aliphatic rings. The van der Waals surface area contributed by atoms with Gasteiger partial charge in [0.25, 0.3) is 5.91 Å². The number of amides is 1. The third-order valence-corrected chi connectivity index (χ3v) is 5.52. The first-order valence-electron chi connectivity index (χ1n) is 11.8. The summed E-state index contributed by atoms with van der Waals surface area (Å²) in [5.41, 5.74) is 5.17. The molecule has 0 aliphatic carbocycles. The van der Waals surface area contributed by atoms with Crippen LogP contribution in [0.3, 0.4) is 0 Å². The van der Waals surface area contributed by atoms with Crippen LogP contribution < -0.4 is 14.8 Å². The van der Waals surface area contributed by atoms with Crippen molar-refractivity contribution in [1.82, 2.24) is 10.2 Å². The lowest BCUT2D eigenvalue weighted by Gasteiger charge is -2.19. The van der Waals surface area contributed by atoms with Gasteiger partial charge >= 0.3 is 5.97 Å². The Morgan fingerprint density at radius 2 is 1.70 bits per heavy atom. The summed E-state index contributed by atoms with van der Waals surface area (Å²) in [6.45, 7) is 4.01. The zero-order valence-corrected chi connectivity index (χ0v) is 22.2. The van der Waals surface area contributed by atoms with Crippen LogP contribution in [0.25, 0.3) is 0 Å². The molecule has 0 fully saturated rings. The highest BCUT2D eigenvalue weighted by Crippen LogP contribution is 2.34. The second-order valence-electron chi connectivity index (χ2n) is 8.85. The first-order valence-corrected chi connectivity index (χ1v) is 11.8. The predicted molar refractivity (Wildman–Crippen MR) is 142 cm³/mol. The number of benzene rings is 3. The fraction of sp³-hybridized carbons (Fsp3) is 0.310. The van der Waals surface area contributed by atoms with E-state index in [0.717, 1.165) is 36.1 Å². The number of carboxylic acids is 1. The van der Waals surface area contributed by atoms with Crippen molar-refractivity contribution in [3.05, 3.63) is 93.8 Å². The minimum absolute atomic E-state index is 0.112. The van der Waals surface area contributed by atoms with Gasteiger partial charge in [0, 0.05) is 24.1 Å². The Labute approximate surface area is 217 Å². The van der Waals surface area contributed by atoms with Crippen LogP contribution >= 0.6 is 0 Å². The van der Waals surface area contributed by atoms with E-state index in [1.807, 2.05) is 6.07 Å². The molecule has 0 atom stereocenters. The van der Waals surface area contributed by atoms with Crippen molar-refractivity contribution in [2.75, 3.05) is 34.9 Å². The summed E-state index contributed by atoms with van der Waals surface area (Å²) in [5, 5.41) is 10.4. The molecule has 0 heterocycles. The second-order valence-corrected chi connectivity index (χ2v) is 8.85. The second kappa shape index (κ2) is 14.0. The third kappa shape index (κ3) is 8.61. The largest absolute Gasteiger partial charge is 0.496 e. The van der Waals surface area contributed by atoms with Gasteiger partial charge in [-0.3, -0.25) is 9.59 Å². The highest BCUT2D eigenvalue weighted by Gasteiger charge is 2.16. The summed E-state index contributed by atoms with van der Waals surface area (Å²) in [4.78, 5) is 23.7. The van der Waals surface area contributed by atoms with E-state index in [2.05, 4.69) is 61.6 Å². The van der Waals surface area contributed by atoms with E-state index in [-0.39, 0.29) is 5.56 Å². The third-order valence-electron chi connectivity index (χ3n) is 5.52. The van der Waals surface area contributed by atoms with E-state index < -0.39 is 24.2 Å². The van der Waals surface area contributed by atoms with Crippen molar-refractivity contribution in [3.63, 3.8) is 0 Å². The van der Waals surface area contributed by atoms with Gasteiger partial charge < -0.3 is 24.8 Å². The lowest BCUT2D eigenvalue weighted by atomic mass is 9.98. The molecule has 3 aromatic rings. The summed E-state index contributed by atoms with van der Waals surface area (Å²) < 4.78 is 24.5. The van der Waals surface area contributed by atoms with Crippen LogP contribution in [-0.2, 0) is 17.8 Å². The SMILES string of the molecule is COc1ccc(CN(C)C)c(OC)c1Cc1cccc(C)c1.Cc1cccc(F)c1C(=O)NCC(=O)O. The maximum absolute atomic E-state index is 13.2. The average Bonchev–Trinajstić information content (AvgIpc) is 2.83. The number of carbonyl (C=O) groups excluding carboxylic acids is 1. The molecule has 198 valence electrons. The topological polar surface area (TPSA) is 88.1 Å². The van der Waals surface area contributed by atoms with E-state index in [9.17, 15) is 14.0 Å². The minimum atomic E-state index is -1.17. The van der Waals surface area contributed by atoms with Crippen molar-refractivity contribution in [3.8, 4) is 11.5 Å². The predicted octanol–water partition coefficient (Wildman–Crippen LogP) is 4.61. The van der Waals surface area contributed by atoms with Crippen molar-refractivity contribution >= 4 is 11.9 Å². The maximum Gasteiger partial charge on any atom is 0.322 e. The number of carboxylic acid groups (broad SMARTS) is 1.